The van der Waals surface area contributed by atoms with E-state index in [2.05, 4.69) is 34.0 Å². The lowest BCUT2D eigenvalue weighted by atomic mass is 10.1. The molecule has 1 aliphatic rings. The summed E-state index contributed by atoms with van der Waals surface area (Å²) in [5.41, 5.74) is 0. The molecule has 4 nitrogen and oxygen atoms in total. The van der Waals surface area contributed by atoms with Gasteiger partial charge in [0.25, 0.3) is 0 Å². The van der Waals surface area contributed by atoms with Crippen LogP contribution in [0.5, 0.6) is 0 Å². The molecule has 0 radical (unpaired) electrons. The standard InChI is InChI=1S/C14H23FN4/c1-3-8-16-14-17-10-12(15)13(18-14)19-9-6-4-5-7-11(19)2/h10-11H,3-9H2,1-2H3,(H,16,17,18). The molecule has 0 spiro atoms. The zero-order valence-corrected chi connectivity index (χ0v) is 11.8. The number of hydrogen-bond donors (Lipinski definition) is 1. The second-order valence-electron chi connectivity index (χ2n) is 5.18. The number of anilines is 2. The maximum atomic E-state index is 14.0. The van der Waals surface area contributed by atoms with Crippen molar-refractivity contribution in [2.45, 2.75) is 52.0 Å². The van der Waals surface area contributed by atoms with Crippen LogP contribution in [0.15, 0.2) is 6.20 Å². The van der Waals surface area contributed by atoms with Crippen LogP contribution in [0.3, 0.4) is 0 Å². The Bertz CT molecular complexity index is 410. The Balaban J connectivity index is 2.20. The Kier molecular flexibility index (Phi) is 4.93. The SMILES string of the molecule is CCCNc1ncc(F)c(N2CCCCCC2C)n1. The molecule has 0 amide bonds. The second kappa shape index (κ2) is 6.68. The Labute approximate surface area is 114 Å². The number of nitrogens with zero attached hydrogens (tertiary/aromatic N) is 3. The first-order valence-corrected chi connectivity index (χ1v) is 7.25. The summed E-state index contributed by atoms with van der Waals surface area (Å²) in [7, 11) is 0. The van der Waals surface area contributed by atoms with Crippen LogP contribution in [0.25, 0.3) is 0 Å². The first kappa shape index (κ1) is 14.0. The molecule has 19 heavy (non-hydrogen) atoms. The molecule has 5 heteroatoms. The van der Waals surface area contributed by atoms with Gasteiger partial charge in [0.2, 0.25) is 5.95 Å². The van der Waals surface area contributed by atoms with Crippen LogP contribution in [0.4, 0.5) is 16.2 Å². The van der Waals surface area contributed by atoms with Gasteiger partial charge in [-0.15, -0.1) is 0 Å². The molecule has 0 saturated carbocycles. The van der Waals surface area contributed by atoms with Crippen LogP contribution in [-0.4, -0.2) is 29.1 Å². The monoisotopic (exact) mass is 266 g/mol. The average Bonchev–Trinajstić information content (AvgIpc) is 2.63. The van der Waals surface area contributed by atoms with Crippen molar-refractivity contribution in [2.24, 2.45) is 0 Å². The van der Waals surface area contributed by atoms with Crippen LogP contribution in [0, 0.1) is 5.82 Å². The predicted molar refractivity (Wildman–Crippen MR) is 76.0 cm³/mol. The molecule has 2 heterocycles. The molecule has 1 unspecified atom stereocenters. The lowest BCUT2D eigenvalue weighted by molar-refractivity contribution is 0.567. The molecule has 1 N–H and O–H groups in total. The summed E-state index contributed by atoms with van der Waals surface area (Å²) in [5, 5.41) is 3.12. The van der Waals surface area contributed by atoms with Gasteiger partial charge < -0.3 is 10.2 Å². The number of hydrogen-bond acceptors (Lipinski definition) is 4. The zero-order valence-electron chi connectivity index (χ0n) is 11.8. The van der Waals surface area contributed by atoms with Crippen LogP contribution in [0.2, 0.25) is 0 Å². The molecule has 2 rings (SSSR count). The first-order chi connectivity index (χ1) is 9.22. The van der Waals surface area contributed by atoms with Crippen molar-refractivity contribution in [1.29, 1.82) is 0 Å². The normalized spacial score (nSPS) is 20.2. The van der Waals surface area contributed by atoms with E-state index in [1.807, 2.05) is 0 Å². The van der Waals surface area contributed by atoms with Gasteiger partial charge >= 0.3 is 0 Å². The van der Waals surface area contributed by atoms with E-state index in [4.69, 9.17) is 0 Å². The van der Waals surface area contributed by atoms with Crippen molar-refractivity contribution in [2.75, 3.05) is 23.3 Å². The molecule has 1 fully saturated rings. The van der Waals surface area contributed by atoms with Gasteiger partial charge in [0.05, 0.1) is 6.20 Å². The van der Waals surface area contributed by atoms with E-state index < -0.39 is 0 Å². The maximum Gasteiger partial charge on any atom is 0.224 e. The quantitative estimate of drug-likeness (QED) is 0.908. The van der Waals surface area contributed by atoms with E-state index in [9.17, 15) is 4.39 Å². The summed E-state index contributed by atoms with van der Waals surface area (Å²) in [5.74, 6) is 0.647. The zero-order chi connectivity index (χ0) is 13.7. The van der Waals surface area contributed by atoms with Crippen molar-refractivity contribution < 1.29 is 4.39 Å². The highest BCUT2D eigenvalue weighted by Crippen LogP contribution is 2.25. The lowest BCUT2D eigenvalue weighted by Gasteiger charge is -2.28. The van der Waals surface area contributed by atoms with Crippen molar-refractivity contribution in [3.8, 4) is 0 Å². The van der Waals surface area contributed by atoms with E-state index in [0.29, 0.717) is 17.8 Å². The Morgan fingerprint density at radius 3 is 3.05 bits per heavy atom. The second-order valence-corrected chi connectivity index (χ2v) is 5.18. The summed E-state index contributed by atoms with van der Waals surface area (Å²) in [6.07, 6.45) is 6.90. The number of rotatable bonds is 4. The summed E-state index contributed by atoms with van der Waals surface area (Å²) in [4.78, 5) is 10.4. The average molecular weight is 266 g/mol. The van der Waals surface area contributed by atoms with Crippen molar-refractivity contribution >= 4 is 11.8 Å². The lowest BCUT2D eigenvalue weighted by Crippen LogP contribution is -2.34. The molecule has 106 valence electrons. The molecule has 1 aliphatic heterocycles. The van der Waals surface area contributed by atoms with Gasteiger partial charge in [0.15, 0.2) is 11.6 Å². The van der Waals surface area contributed by atoms with Crippen molar-refractivity contribution in [3.63, 3.8) is 0 Å². The third-order valence-corrected chi connectivity index (χ3v) is 3.58. The van der Waals surface area contributed by atoms with E-state index in [-0.39, 0.29) is 5.82 Å². The van der Waals surface area contributed by atoms with E-state index in [0.717, 1.165) is 32.4 Å². The van der Waals surface area contributed by atoms with E-state index in [1.165, 1.54) is 19.0 Å². The van der Waals surface area contributed by atoms with Gasteiger partial charge in [-0.2, -0.15) is 4.98 Å². The third kappa shape index (κ3) is 3.55. The minimum Gasteiger partial charge on any atom is -0.354 e. The van der Waals surface area contributed by atoms with Crippen molar-refractivity contribution in [3.05, 3.63) is 12.0 Å². The molecule has 1 atom stereocenters. The predicted octanol–water partition coefficient (Wildman–Crippen LogP) is 3.21. The fourth-order valence-corrected chi connectivity index (χ4v) is 2.47. The minimum atomic E-state index is -0.323. The van der Waals surface area contributed by atoms with Crippen LogP contribution >= 0.6 is 0 Å². The van der Waals surface area contributed by atoms with Gasteiger partial charge in [-0.1, -0.05) is 19.8 Å². The van der Waals surface area contributed by atoms with Crippen LogP contribution in [0.1, 0.15) is 46.0 Å². The number of nitrogens with one attached hydrogen (secondary N) is 1. The molecule has 0 aliphatic carbocycles. The van der Waals surface area contributed by atoms with Gasteiger partial charge in [-0.3, -0.25) is 0 Å². The summed E-state index contributed by atoms with van der Waals surface area (Å²) in [6, 6.07) is 0.339. The van der Waals surface area contributed by atoms with Crippen LogP contribution < -0.4 is 10.2 Å². The minimum absolute atomic E-state index is 0.323. The molecule has 1 aromatic heterocycles. The van der Waals surface area contributed by atoms with Gasteiger partial charge in [-0.05, 0) is 26.2 Å². The molecule has 1 saturated heterocycles. The fraction of sp³-hybridized carbons (Fsp3) is 0.714. The highest BCUT2D eigenvalue weighted by molar-refractivity contribution is 5.45. The van der Waals surface area contributed by atoms with Gasteiger partial charge in [0.1, 0.15) is 0 Å². The third-order valence-electron chi connectivity index (χ3n) is 3.58. The summed E-state index contributed by atoms with van der Waals surface area (Å²) < 4.78 is 14.0. The maximum absolute atomic E-state index is 14.0. The number of halogens is 1. The molecular formula is C14H23FN4. The number of aromatic nitrogens is 2. The molecular weight excluding hydrogens is 243 g/mol. The highest BCUT2D eigenvalue weighted by atomic mass is 19.1. The van der Waals surface area contributed by atoms with Gasteiger partial charge in [0, 0.05) is 19.1 Å². The first-order valence-electron chi connectivity index (χ1n) is 7.25. The summed E-state index contributed by atoms with van der Waals surface area (Å²) in [6.45, 7) is 5.91. The van der Waals surface area contributed by atoms with E-state index >= 15 is 0 Å². The fourth-order valence-electron chi connectivity index (χ4n) is 2.47. The molecule has 0 aromatic carbocycles. The summed E-state index contributed by atoms with van der Waals surface area (Å²) >= 11 is 0. The van der Waals surface area contributed by atoms with Crippen molar-refractivity contribution in [1.82, 2.24) is 9.97 Å². The molecule has 0 bridgehead atoms. The topological polar surface area (TPSA) is 41.1 Å². The van der Waals surface area contributed by atoms with Crippen LogP contribution in [-0.2, 0) is 0 Å². The van der Waals surface area contributed by atoms with E-state index in [1.54, 1.807) is 0 Å². The largest absolute Gasteiger partial charge is 0.354 e. The Morgan fingerprint density at radius 2 is 2.26 bits per heavy atom. The van der Waals surface area contributed by atoms with Gasteiger partial charge in [-0.25, -0.2) is 9.37 Å². The smallest absolute Gasteiger partial charge is 0.224 e. The Morgan fingerprint density at radius 1 is 1.42 bits per heavy atom. The highest BCUT2D eigenvalue weighted by Gasteiger charge is 2.22. The molecule has 1 aromatic rings. The Hall–Kier alpha value is -1.39.